The Kier molecular flexibility index (Phi) is 6.24. The van der Waals surface area contributed by atoms with Gasteiger partial charge < -0.3 is 9.64 Å². The van der Waals surface area contributed by atoms with Crippen molar-refractivity contribution in [2.75, 3.05) is 19.7 Å². The van der Waals surface area contributed by atoms with Crippen molar-refractivity contribution < 1.29 is 13.9 Å². The highest BCUT2D eigenvalue weighted by Gasteiger charge is 2.31. The van der Waals surface area contributed by atoms with Crippen molar-refractivity contribution >= 4 is 5.91 Å². The predicted molar refractivity (Wildman–Crippen MR) is 110 cm³/mol. The number of halogens is 1. The molecule has 2 aliphatic rings. The maximum atomic E-state index is 13.2. The zero-order chi connectivity index (χ0) is 20.2. The van der Waals surface area contributed by atoms with E-state index < -0.39 is 0 Å². The maximum Gasteiger partial charge on any atom is 0.225 e. The van der Waals surface area contributed by atoms with Gasteiger partial charge in [-0.15, -0.1) is 0 Å². The second-order valence-electron chi connectivity index (χ2n) is 8.32. The van der Waals surface area contributed by atoms with Crippen molar-refractivity contribution in [2.45, 2.75) is 51.6 Å². The summed E-state index contributed by atoms with van der Waals surface area (Å²) in [5, 5.41) is 0. The van der Waals surface area contributed by atoms with E-state index in [0.29, 0.717) is 26.1 Å². The number of aryl methyl sites for hydroxylation is 1. The van der Waals surface area contributed by atoms with Gasteiger partial charge in [0.1, 0.15) is 11.9 Å². The number of amides is 1. The Labute approximate surface area is 172 Å². The molecule has 2 fully saturated rings. The molecular formula is C24H29FN2O2. The molecule has 0 unspecified atom stereocenters. The Morgan fingerprint density at radius 3 is 2.66 bits per heavy atom. The third-order valence-electron chi connectivity index (χ3n) is 6.02. The van der Waals surface area contributed by atoms with Crippen LogP contribution in [0.1, 0.15) is 60.7 Å². The minimum absolute atomic E-state index is 0.182. The molecule has 1 aromatic carbocycles. The molecule has 1 aliphatic carbocycles. The van der Waals surface area contributed by atoms with Gasteiger partial charge in [-0.1, -0.05) is 31.4 Å². The van der Waals surface area contributed by atoms with Gasteiger partial charge in [0, 0.05) is 18.2 Å². The molecule has 4 nitrogen and oxygen atoms in total. The van der Waals surface area contributed by atoms with Gasteiger partial charge in [0.2, 0.25) is 5.91 Å². The molecule has 0 radical (unpaired) electrons. The van der Waals surface area contributed by atoms with Crippen LogP contribution >= 0.6 is 0 Å². The van der Waals surface area contributed by atoms with E-state index in [4.69, 9.17) is 9.72 Å². The quantitative estimate of drug-likeness (QED) is 0.759. The van der Waals surface area contributed by atoms with Crippen LogP contribution in [-0.2, 0) is 16.0 Å². The second-order valence-corrected chi connectivity index (χ2v) is 8.32. The Bertz CT molecular complexity index is 846. The maximum absolute atomic E-state index is 13.2. The van der Waals surface area contributed by atoms with Crippen LogP contribution < -0.4 is 0 Å². The number of nitrogens with zero attached hydrogens (tertiary/aromatic N) is 2. The molecule has 154 valence electrons. The molecule has 1 atom stereocenters. The Hall–Kier alpha value is -2.27. The van der Waals surface area contributed by atoms with Crippen LogP contribution in [0.4, 0.5) is 4.39 Å². The zero-order valence-electron chi connectivity index (χ0n) is 17.1. The lowest BCUT2D eigenvalue weighted by atomic mass is 9.88. The van der Waals surface area contributed by atoms with Crippen molar-refractivity contribution in [2.24, 2.45) is 5.92 Å². The number of rotatable bonds is 4. The molecule has 5 heteroatoms. The summed E-state index contributed by atoms with van der Waals surface area (Å²) in [5.74, 6) is 0.248. The lowest BCUT2D eigenvalue weighted by Gasteiger charge is -2.36. The Morgan fingerprint density at radius 2 is 1.90 bits per heavy atom. The van der Waals surface area contributed by atoms with Gasteiger partial charge >= 0.3 is 0 Å². The zero-order valence-corrected chi connectivity index (χ0v) is 17.1. The standard InChI is InChI=1S/C24H29FN2O2/c1-17-13-19(14-18-7-9-21(25)10-8-18)15-22(26-17)23-16-27(11-12-29-23)24(28)20-5-3-2-4-6-20/h7-10,13,15,20,23H,2-6,11-12,14,16H2,1H3/t23-/m1/s1. The highest BCUT2D eigenvalue weighted by atomic mass is 19.1. The average Bonchev–Trinajstić information content (AvgIpc) is 2.75. The molecule has 2 aromatic rings. The molecule has 1 saturated carbocycles. The number of carbonyl (C=O) groups is 1. The SMILES string of the molecule is Cc1cc(Cc2ccc(F)cc2)cc([C@H]2CN(C(=O)C3CCCCC3)CCO2)n1. The molecule has 4 rings (SSSR count). The number of hydrogen-bond acceptors (Lipinski definition) is 3. The Balaban J connectivity index is 1.47. The van der Waals surface area contributed by atoms with Gasteiger partial charge in [-0.05, 0) is 61.6 Å². The van der Waals surface area contributed by atoms with Crippen molar-refractivity contribution in [3.8, 4) is 0 Å². The van der Waals surface area contributed by atoms with E-state index >= 15 is 0 Å². The van der Waals surface area contributed by atoms with Gasteiger partial charge in [-0.25, -0.2) is 4.39 Å². The summed E-state index contributed by atoms with van der Waals surface area (Å²) in [7, 11) is 0. The van der Waals surface area contributed by atoms with Crippen LogP contribution in [-0.4, -0.2) is 35.5 Å². The fourth-order valence-electron chi connectivity index (χ4n) is 4.51. The van der Waals surface area contributed by atoms with Crippen LogP contribution in [0.5, 0.6) is 0 Å². The first-order valence-corrected chi connectivity index (χ1v) is 10.7. The summed E-state index contributed by atoms with van der Waals surface area (Å²) in [4.78, 5) is 19.6. The summed E-state index contributed by atoms with van der Waals surface area (Å²) >= 11 is 0. The number of pyridine rings is 1. The summed E-state index contributed by atoms with van der Waals surface area (Å²) < 4.78 is 19.2. The largest absolute Gasteiger partial charge is 0.368 e. The number of benzene rings is 1. The fraction of sp³-hybridized carbons (Fsp3) is 0.500. The van der Waals surface area contributed by atoms with Crippen molar-refractivity contribution in [3.63, 3.8) is 0 Å². The molecule has 1 amide bonds. The minimum Gasteiger partial charge on any atom is -0.368 e. The van der Waals surface area contributed by atoms with Gasteiger partial charge in [0.05, 0.1) is 18.8 Å². The number of morpholine rings is 1. The van der Waals surface area contributed by atoms with Gasteiger partial charge in [-0.3, -0.25) is 9.78 Å². The van der Waals surface area contributed by atoms with E-state index in [-0.39, 0.29) is 23.7 Å². The fourth-order valence-corrected chi connectivity index (χ4v) is 4.51. The number of carbonyl (C=O) groups excluding carboxylic acids is 1. The third-order valence-corrected chi connectivity index (χ3v) is 6.02. The molecule has 0 bridgehead atoms. The summed E-state index contributed by atoms with van der Waals surface area (Å²) in [5.41, 5.74) is 3.99. The first-order chi connectivity index (χ1) is 14.1. The van der Waals surface area contributed by atoms with E-state index in [2.05, 4.69) is 12.1 Å². The minimum atomic E-state index is -0.223. The third kappa shape index (κ3) is 5.02. The number of aromatic nitrogens is 1. The molecule has 2 heterocycles. The first kappa shape index (κ1) is 20.0. The lowest BCUT2D eigenvalue weighted by Crippen LogP contribution is -2.45. The van der Waals surface area contributed by atoms with Gasteiger partial charge in [-0.2, -0.15) is 0 Å². The van der Waals surface area contributed by atoms with Crippen molar-refractivity contribution in [1.82, 2.24) is 9.88 Å². The smallest absolute Gasteiger partial charge is 0.225 e. The highest BCUT2D eigenvalue weighted by molar-refractivity contribution is 5.79. The van der Waals surface area contributed by atoms with Gasteiger partial charge in [0.25, 0.3) is 0 Å². The summed E-state index contributed by atoms with van der Waals surface area (Å²) in [6, 6.07) is 10.7. The summed E-state index contributed by atoms with van der Waals surface area (Å²) in [6.45, 7) is 3.76. The van der Waals surface area contributed by atoms with Crippen LogP contribution in [0.25, 0.3) is 0 Å². The molecule has 1 saturated heterocycles. The van der Waals surface area contributed by atoms with Gasteiger partial charge in [0.15, 0.2) is 0 Å². The molecule has 0 spiro atoms. The molecule has 1 aliphatic heterocycles. The van der Waals surface area contributed by atoms with Crippen LogP contribution in [0, 0.1) is 18.7 Å². The second kappa shape index (κ2) is 9.04. The molecule has 1 aromatic heterocycles. The normalized spacial score (nSPS) is 20.6. The molecule has 0 N–H and O–H groups in total. The van der Waals surface area contributed by atoms with Crippen LogP contribution in [0.15, 0.2) is 36.4 Å². The monoisotopic (exact) mass is 396 g/mol. The predicted octanol–water partition coefficient (Wildman–Crippen LogP) is 4.60. The van der Waals surface area contributed by atoms with Crippen LogP contribution in [0.2, 0.25) is 0 Å². The van der Waals surface area contributed by atoms with E-state index in [9.17, 15) is 9.18 Å². The highest BCUT2D eigenvalue weighted by Crippen LogP contribution is 2.29. The van der Waals surface area contributed by atoms with E-state index in [1.54, 1.807) is 0 Å². The first-order valence-electron chi connectivity index (χ1n) is 10.7. The average molecular weight is 397 g/mol. The Morgan fingerprint density at radius 1 is 1.14 bits per heavy atom. The van der Waals surface area contributed by atoms with E-state index in [0.717, 1.165) is 48.2 Å². The summed E-state index contributed by atoms with van der Waals surface area (Å²) in [6.07, 6.45) is 6.14. The number of ether oxygens (including phenoxy) is 1. The van der Waals surface area contributed by atoms with Crippen molar-refractivity contribution in [1.29, 1.82) is 0 Å². The molecule has 29 heavy (non-hydrogen) atoms. The van der Waals surface area contributed by atoms with E-state index in [1.165, 1.54) is 18.6 Å². The molecular weight excluding hydrogens is 367 g/mol. The van der Waals surface area contributed by atoms with E-state index in [1.807, 2.05) is 24.0 Å². The van der Waals surface area contributed by atoms with Crippen LogP contribution in [0.3, 0.4) is 0 Å². The lowest BCUT2D eigenvalue weighted by molar-refractivity contribution is -0.144. The van der Waals surface area contributed by atoms with Crippen molar-refractivity contribution in [3.05, 3.63) is 64.7 Å². The number of hydrogen-bond donors (Lipinski definition) is 0. The topological polar surface area (TPSA) is 42.4 Å².